The van der Waals surface area contributed by atoms with Crippen LogP contribution in [-0.4, -0.2) is 6.21 Å². The fourth-order valence-electron chi connectivity index (χ4n) is 0.337. The summed E-state index contributed by atoms with van der Waals surface area (Å²) in [5.41, 5.74) is 0. The normalized spacial score (nSPS) is 16.7. The van der Waals surface area contributed by atoms with E-state index in [-0.39, 0.29) is 0 Å². The number of hydrogen-bond donors (Lipinski definition) is 1. The molecule has 0 saturated carbocycles. The van der Waals surface area contributed by atoms with Gasteiger partial charge in [-0.15, -0.1) is 0 Å². The van der Waals surface area contributed by atoms with Crippen LogP contribution in [0.5, 0.6) is 0 Å². The summed E-state index contributed by atoms with van der Waals surface area (Å²) in [7, 11) is 0. The van der Waals surface area contributed by atoms with Crippen molar-refractivity contribution in [3.05, 3.63) is 24.7 Å². The van der Waals surface area contributed by atoms with Gasteiger partial charge in [-0.2, -0.15) is 4.99 Å². The Hall–Kier alpha value is -1.14. The van der Waals surface area contributed by atoms with Crippen LogP contribution in [0.25, 0.3) is 0 Å². The van der Waals surface area contributed by atoms with Crippen LogP contribution in [0, 0.1) is 6.58 Å². The zero-order valence-electron chi connectivity index (χ0n) is 3.76. The largest absolute Gasteiger partial charge is 0.376 e. The van der Waals surface area contributed by atoms with Crippen LogP contribution in [0.2, 0.25) is 0 Å². The number of nitrogens with zero attached hydrogens (tertiary/aromatic N) is 1. The monoisotopic (exact) mass is 93.0 g/mol. The van der Waals surface area contributed by atoms with Crippen LogP contribution >= 0.6 is 0 Å². The summed E-state index contributed by atoms with van der Waals surface area (Å²) in [5.74, 6) is 0.447. The van der Waals surface area contributed by atoms with Gasteiger partial charge >= 0.3 is 5.82 Å². The van der Waals surface area contributed by atoms with Gasteiger partial charge in [-0.3, -0.25) is 0 Å². The highest BCUT2D eigenvalue weighted by Gasteiger charge is 1.95. The van der Waals surface area contributed by atoms with Gasteiger partial charge < -0.3 is 5.32 Å². The lowest BCUT2D eigenvalue weighted by atomic mass is 10.6. The molecule has 7 heavy (non-hydrogen) atoms. The van der Waals surface area contributed by atoms with Gasteiger partial charge in [-0.25, -0.2) is 0 Å². The van der Waals surface area contributed by atoms with Crippen molar-refractivity contribution in [1.29, 1.82) is 0 Å². The van der Waals surface area contributed by atoms with E-state index in [4.69, 9.17) is 6.58 Å². The molecule has 1 rings (SSSR count). The first kappa shape index (κ1) is 4.03. The Morgan fingerprint density at radius 1 is 1.71 bits per heavy atom. The highest BCUT2D eigenvalue weighted by molar-refractivity contribution is 5.72. The van der Waals surface area contributed by atoms with Crippen molar-refractivity contribution in [1.82, 2.24) is 5.32 Å². The smallest absolute Gasteiger partial charge is 0.302 e. The molecule has 1 aliphatic heterocycles. The molecule has 0 fully saturated rings. The molecule has 1 aliphatic rings. The molecule has 0 radical (unpaired) electrons. The summed E-state index contributed by atoms with van der Waals surface area (Å²) in [4.78, 5) is 3.70. The zero-order valence-corrected chi connectivity index (χ0v) is 3.76. The van der Waals surface area contributed by atoms with E-state index in [1.807, 2.05) is 0 Å². The van der Waals surface area contributed by atoms with Crippen molar-refractivity contribution >= 4 is 6.21 Å². The predicted octanol–water partition coefficient (Wildman–Crippen LogP) is 0.448. The van der Waals surface area contributed by atoms with Crippen LogP contribution in [0.15, 0.2) is 23.1 Å². The van der Waals surface area contributed by atoms with Crippen molar-refractivity contribution in [3.63, 3.8) is 0 Å². The van der Waals surface area contributed by atoms with E-state index in [1.165, 1.54) is 0 Å². The maximum absolute atomic E-state index is 5.19. The lowest BCUT2D eigenvalue weighted by molar-refractivity contribution is 1.03. The Labute approximate surface area is 42.3 Å². The molecule has 2 heteroatoms. The fourth-order valence-corrected chi connectivity index (χ4v) is 0.337. The molecule has 0 aliphatic carbocycles. The SMILES string of the molecule is [CH+]=C1N=CC=CN1. The molecule has 34 valence electrons. The second-order valence-corrected chi connectivity index (χ2v) is 1.17. The summed E-state index contributed by atoms with van der Waals surface area (Å²) in [6.45, 7) is 5.19. The van der Waals surface area contributed by atoms with Gasteiger partial charge in [-0.1, -0.05) is 0 Å². The maximum atomic E-state index is 5.19. The number of hydrogen-bond acceptors (Lipinski definition) is 2. The topological polar surface area (TPSA) is 24.4 Å². The molecular formula is C5H5N2+. The van der Waals surface area contributed by atoms with Crippen molar-refractivity contribution in [2.24, 2.45) is 4.99 Å². The minimum Gasteiger partial charge on any atom is -0.302 e. The third kappa shape index (κ3) is 0.845. The fraction of sp³-hybridized carbons (Fsp3) is 0. The minimum atomic E-state index is 0.447. The predicted molar refractivity (Wildman–Crippen MR) is 28.6 cm³/mol. The Bertz CT molecular complexity index is 133. The van der Waals surface area contributed by atoms with E-state index in [2.05, 4.69) is 10.3 Å². The first-order valence-corrected chi connectivity index (χ1v) is 1.98. The number of rotatable bonds is 0. The van der Waals surface area contributed by atoms with Crippen LogP contribution < -0.4 is 5.32 Å². The van der Waals surface area contributed by atoms with E-state index in [9.17, 15) is 0 Å². The van der Waals surface area contributed by atoms with Crippen LogP contribution in [0.4, 0.5) is 0 Å². The van der Waals surface area contributed by atoms with Gasteiger partial charge in [0.15, 0.2) is 0 Å². The Morgan fingerprint density at radius 3 is 2.86 bits per heavy atom. The average molecular weight is 93.1 g/mol. The van der Waals surface area contributed by atoms with Crippen LogP contribution in [-0.2, 0) is 0 Å². The molecule has 0 aromatic carbocycles. The van der Waals surface area contributed by atoms with Crippen LogP contribution in [0.1, 0.15) is 0 Å². The molecule has 0 saturated heterocycles. The highest BCUT2D eigenvalue weighted by atomic mass is 15.0. The quantitative estimate of drug-likeness (QED) is 0.432. The Balaban J connectivity index is 2.66. The van der Waals surface area contributed by atoms with E-state index in [0.29, 0.717) is 5.82 Å². The molecule has 0 amide bonds. The maximum Gasteiger partial charge on any atom is 0.376 e. The number of aliphatic imine (C=N–C) groups is 1. The zero-order chi connectivity index (χ0) is 5.11. The lowest BCUT2D eigenvalue weighted by Crippen LogP contribution is -2.03. The summed E-state index contributed by atoms with van der Waals surface area (Å²) >= 11 is 0. The number of allylic oxidation sites excluding steroid dienone is 1. The van der Waals surface area contributed by atoms with Gasteiger partial charge in [0.1, 0.15) is 0 Å². The first-order valence-electron chi connectivity index (χ1n) is 1.98. The van der Waals surface area contributed by atoms with E-state index in [1.54, 1.807) is 18.5 Å². The molecule has 0 spiro atoms. The Kier molecular flexibility index (Phi) is 0.886. The first-order chi connectivity index (χ1) is 3.39. The second kappa shape index (κ2) is 1.54. The molecule has 0 aromatic heterocycles. The standard InChI is InChI=1S/C5H5N2/c1-5-6-3-2-4-7-5/h1-4,6H/q+1. The molecule has 0 unspecified atom stereocenters. The van der Waals surface area contributed by atoms with Gasteiger partial charge in [-0.05, 0) is 6.08 Å². The molecule has 1 N–H and O–H groups in total. The Morgan fingerprint density at radius 2 is 2.57 bits per heavy atom. The van der Waals surface area contributed by atoms with Crippen molar-refractivity contribution < 1.29 is 0 Å². The van der Waals surface area contributed by atoms with E-state index in [0.717, 1.165) is 0 Å². The molecule has 0 aromatic rings. The average Bonchev–Trinajstić information content (AvgIpc) is 1.69. The number of nitrogens with one attached hydrogen (secondary N) is 1. The van der Waals surface area contributed by atoms with E-state index < -0.39 is 0 Å². The summed E-state index contributed by atoms with van der Waals surface area (Å²) in [6.07, 6.45) is 5.13. The third-order valence-electron chi connectivity index (χ3n) is 0.627. The molecular weight excluding hydrogens is 88.1 g/mol. The third-order valence-corrected chi connectivity index (χ3v) is 0.627. The van der Waals surface area contributed by atoms with Gasteiger partial charge in [0.2, 0.25) is 0 Å². The molecule has 0 atom stereocenters. The summed E-state index contributed by atoms with van der Waals surface area (Å²) in [5, 5.41) is 2.70. The van der Waals surface area contributed by atoms with Gasteiger partial charge in [0, 0.05) is 12.4 Å². The van der Waals surface area contributed by atoms with Crippen molar-refractivity contribution in [2.75, 3.05) is 0 Å². The van der Waals surface area contributed by atoms with Crippen molar-refractivity contribution in [3.8, 4) is 0 Å². The van der Waals surface area contributed by atoms with Crippen molar-refractivity contribution in [2.45, 2.75) is 0 Å². The second-order valence-electron chi connectivity index (χ2n) is 1.17. The van der Waals surface area contributed by atoms with Gasteiger partial charge in [0.05, 0.1) is 0 Å². The highest BCUT2D eigenvalue weighted by Crippen LogP contribution is 1.87. The van der Waals surface area contributed by atoms with Gasteiger partial charge in [0.25, 0.3) is 6.58 Å². The summed E-state index contributed by atoms with van der Waals surface area (Å²) in [6, 6.07) is 0. The van der Waals surface area contributed by atoms with E-state index >= 15 is 0 Å². The molecule has 0 bridgehead atoms. The molecule has 1 heterocycles. The molecule has 2 nitrogen and oxygen atoms in total. The minimum absolute atomic E-state index is 0.447. The van der Waals surface area contributed by atoms with Crippen LogP contribution in [0.3, 0.4) is 0 Å². The summed E-state index contributed by atoms with van der Waals surface area (Å²) < 4.78 is 0. The lowest BCUT2D eigenvalue weighted by Gasteiger charge is -1.90.